The van der Waals surface area contributed by atoms with Gasteiger partial charge < -0.3 is 34.8 Å². The Balaban J connectivity index is 2.13. The number of benzene rings is 2. The van der Waals surface area contributed by atoms with Crippen LogP contribution in [0, 0.1) is 52.7 Å². The highest BCUT2D eigenvalue weighted by Crippen LogP contribution is 2.30. The summed E-state index contributed by atoms with van der Waals surface area (Å²) in [5.41, 5.74) is 8.74. The van der Waals surface area contributed by atoms with Gasteiger partial charge >= 0.3 is 11.9 Å². The second kappa shape index (κ2) is 27.6. The highest BCUT2D eigenvalue weighted by atomic mass is 19.1. The smallest absolute Gasteiger partial charge is 0.345 e. The lowest BCUT2D eigenvalue weighted by Crippen LogP contribution is -2.51. The zero-order valence-electron chi connectivity index (χ0n) is 44.0. The summed E-state index contributed by atoms with van der Waals surface area (Å²) in [5, 5.41) is 19.4. The molecule has 7 atom stereocenters. The maximum absolute atomic E-state index is 15.2. The van der Waals surface area contributed by atoms with E-state index in [1.807, 2.05) is 96.5 Å². The third-order valence-electron chi connectivity index (χ3n) is 13.1. The van der Waals surface area contributed by atoms with Crippen molar-refractivity contribution in [2.75, 3.05) is 21.1 Å². The number of nitrogens with two attached hydrogens (primary N) is 1. The summed E-state index contributed by atoms with van der Waals surface area (Å²) in [4.78, 5) is 102. The van der Waals surface area contributed by atoms with Gasteiger partial charge in [0.1, 0.15) is 11.9 Å². The van der Waals surface area contributed by atoms with Crippen molar-refractivity contribution >= 4 is 52.1 Å². The van der Waals surface area contributed by atoms with E-state index in [0.29, 0.717) is 25.8 Å². The number of nitrogens with zero attached hydrogens (tertiary/aromatic N) is 5. The van der Waals surface area contributed by atoms with Gasteiger partial charge in [-0.2, -0.15) is 5.26 Å². The van der Waals surface area contributed by atoms with E-state index >= 15 is 9.59 Å². The van der Waals surface area contributed by atoms with Crippen molar-refractivity contribution in [2.45, 2.75) is 157 Å². The van der Waals surface area contributed by atoms with Crippen LogP contribution >= 0.6 is 0 Å². The fourth-order valence-corrected chi connectivity index (χ4v) is 9.24. The van der Waals surface area contributed by atoms with Gasteiger partial charge in [0.15, 0.2) is 17.7 Å². The number of aromatic nitrogens is 1. The molecule has 1 heterocycles. The van der Waals surface area contributed by atoms with Crippen LogP contribution in [-0.4, -0.2) is 117 Å². The molecule has 0 saturated carbocycles. The molecule has 0 saturated heterocycles. The number of hydrogen-bond acceptors (Lipinski definition) is 10. The molecule has 390 valence electrons. The lowest BCUT2D eigenvalue weighted by molar-refractivity contribution is -0.169. The predicted molar refractivity (Wildman–Crippen MR) is 271 cm³/mol. The Morgan fingerprint density at radius 1 is 0.704 bits per heavy atom. The van der Waals surface area contributed by atoms with Crippen LogP contribution in [0.2, 0.25) is 0 Å². The Labute approximate surface area is 420 Å². The number of amides is 3. The number of hydrogen-bond donors (Lipinski definition) is 2. The lowest BCUT2D eigenvalue weighted by atomic mass is 9.85. The molecule has 2 aromatic carbocycles. The van der Waals surface area contributed by atoms with Crippen LogP contribution in [0.25, 0.3) is 10.9 Å². The van der Waals surface area contributed by atoms with E-state index in [2.05, 4.69) is 0 Å². The topological polar surface area (TPSA) is 213 Å². The summed E-state index contributed by atoms with van der Waals surface area (Å²) >= 11 is 0. The van der Waals surface area contributed by atoms with Gasteiger partial charge in [-0.05, 0) is 85.6 Å². The van der Waals surface area contributed by atoms with Crippen molar-refractivity contribution in [3.63, 3.8) is 0 Å². The minimum absolute atomic E-state index is 0.0277. The number of likely N-dealkylation sites (N-methyl/N-ethyl adjacent to an activating group) is 3. The van der Waals surface area contributed by atoms with Gasteiger partial charge in [-0.3, -0.25) is 24.0 Å². The molecule has 3 aromatic rings. The Hall–Kier alpha value is -5.95. The molecule has 0 fully saturated rings. The number of carbonyl (C=O) groups excluding carboxylic acids is 6. The average Bonchev–Trinajstić information content (AvgIpc) is 3.65. The van der Waals surface area contributed by atoms with Gasteiger partial charge in [0.25, 0.3) is 0 Å². The van der Waals surface area contributed by atoms with Crippen LogP contribution in [0.1, 0.15) is 125 Å². The van der Waals surface area contributed by atoms with Crippen LogP contribution < -0.4 is 5.73 Å². The van der Waals surface area contributed by atoms with E-state index in [1.54, 1.807) is 26.2 Å². The summed E-state index contributed by atoms with van der Waals surface area (Å²) < 4.78 is 21.1. The Morgan fingerprint density at radius 3 is 1.73 bits per heavy atom. The zero-order chi connectivity index (χ0) is 53.4. The monoisotopic (exact) mass is 987 g/mol. The minimum atomic E-state index is -1.59. The maximum Gasteiger partial charge on any atom is 0.345 e. The third-order valence-corrected chi connectivity index (χ3v) is 13.1. The van der Waals surface area contributed by atoms with E-state index in [-0.39, 0.29) is 79.7 Å². The van der Waals surface area contributed by atoms with Crippen molar-refractivity contribution in [3.05, 3.63) is 71.7 Å². The molecule has 0 aliphatic carbocycles. The first-order valence-electron chi connectivity index (χ1n) is 25.0. The molecule has 15 nitrogen and oxygen atoms in total. The van der Waals surface area contributed by atoms with E-state index in [4.69, 9.17) is 15.7 Å². The lowest BCUT2D eigenvalue weighted by Gasteiger charge is -2.34. The summed E-state index contributed by atoms with van der Waals surface area (Å²) in [6.45, 7) is 17.3. The predicted octanol–water partition coefficient (Wildman–Crippen LogP) is 7.83. The zero-order valence-corrected chi connectivity index (χ0v) is 44.0. The molecule has 3 N–H and O–H groups in total. The number of ketones is 2. The van der Waals surface area contributed by atoms with Crippen molar-refractivity contribution in [3.8, 4) is 6.07 Å². The first-order chi connectivity index (χ1) is 33.3. The van der Waals surface area contributed by atoms with Gasteiger partial charge in [-0.1, -0.05) is 85.7 Å². The van der Waals surface area contributed by atoms with Gasteiger partial charge in [0, 0.05) is 88.7 Å². The average molecular weight is 987 g/mol. The van der Waals surface area contributed by atoms with Crippen molar-refractivity contribution < 1.29 is 47.8 Å². The van der Waals surface area contributed by atoms with Gasteiger partial charge in [0.05, 0.1) is 24.2 Å². The molecule has 16 heteroatoms. The quantitative estimate of drug-likeness (QED) is 0.0640. The number of carboxylic acid groups (broad SMARTS) is 1. The summed E-state index contributed by atoms with van der Waals surface area (Å²) in [7, 11) is 4.50. The molecule has 0 radical (unpaired) electrons. The number of ether oxygens (including phenoxy) is 1. The number of carbonyl (C=O) groups is 7. The molecule has 0 aliphatic heterocycles. The molecule has 0 aliphatic rings. The second-order valence-corrected chi connectivity index (χ2v) is 21.0. The number of nitriles is 1. The van der Waals surface area contributed by atoms with Crippen LogP contribution in [0.15, 0.2) is 54.7 Å². The molecule has 0 spiro atoms. The number of Topliss-reactive ketones (excluding diaryl/α,β-unsaturated/α-hetero) is 2. The van der Waals surface area contributed by atoms with Crippen LogP contribution in [0.5, 0.6) is 0 Å². The Bertz CT molecular complexity index is 2340. The number of aliphatic carboxylic acids is 1. The molecule has 3 rings (SSSR count). The third kappa shape index (κ3) is 17.4. The second-order valence-electron chi connectivity index (χ2n) is 21.0. The molecule has 3 amide bonds. The normalized spacial score (nSPS) is 14.6. The largest absolute Gasteiger partial charge is 0.479 e. The van der Waals surface area contributed by atoms with Crippen molar-refractivity contribution in [2.24, 2.45) is 41.2 Å². The van der Waals surface area contributed by atoms with Crippen LogP contribution in [0.3, 0.4) is 0 Å². The summed E-state index contributed by atoms with van der Waals surface area (Å²) in [6, 6.07) is 11.6. The van der Waals surface area contributed by atoms with E-state index in [0.717, 1.165) is 26.9 Å². The summed E-state index contributed by atoms with van der Waals surface area (Å²) in [5.74, 6) is -6.67. The number of rotatable bonds is 29. The van der Waals surface area contributed by atoms with Gasteiger partial charge in [-0.25, -0.2) is 14.0 Å². The first kappa shape index (κ1) is 59.4. The minimum Gasteiger partial charge on any atom is -0.479 e. The maximum atomic E-state index is 15.2. The molecular formula is C55H79FN6O9. The van der Waals surface area contributed by atoms with Crippen LogP contribution in [0.4, 0.5) is 4.39 Å². The fraction of sp³-hybridized carbons (Fsp3) is 0.600. The molecule has 71 heavy (non-hydrogen) atoms. The SMILES string of the molecule is CC(C)C[C@H](CC(=O)[C@H](Cc1cn(Cc2ccc(F)cc2)c2ccccc12)N(C)C(=O)[C@@H](CC(=O)[C@H](CC(C)C)N(C)C(=O)[C@@H](N)CC(C)C)CC(C)C)C(=O)N(C)[C@@H](C)C(=O)O[C@H](CCC#N)C(=O)O. The number of fused-ring (bicyclic) bond motifs is 1. The Morgan fingerprint density at radius 2 is 1.21 bits per heavy atom. The summed E-state index contributed by atoms with van der Waals surface area (Å²) in [6.07, 6.45) is 0.748. The van der Waals surface area contributed by atoms with Crippen molar-refractivity contribution in [1.82, 2.24) is 19.3 Å². The first-order valence-corrected chi connectivity index (χ1v) is 25.0. The van der Waals surface area contributed by atoms with Gasteiger partial charge in [-0.15, -0.1) is 0 Å². The van der Waals surface area contributed by atoms with E-state index in [9.17, 15) is 33.5 Å². The fourth-order valence-electron chi connectivity index (χ4n) is 9.24. The molecular weight excluding hydrogens is 908 g/mol. The highest BCUT2D eigenvalue weighted by molar-refractivity contribution is 5.97. The van der Waals surface area contributed by atoms with Gasteiger partial charge in [0.2, 0.25) is 17.7 Å². The highest BCUT2D eigenvalue weighted by Gasteiger charge is 2.39. The molecule has 0 bridgehead atoms. The number of esters is 1. The van der Waals surface area contributed by atoms with Crippen LogP contribution in [-0.2, 0) is 51.3 Å². The molecule has 1 aromatic heterocycles. The molecule has 0 unspecified atom stereocenters. The van der Waals surface area contributed by atoms with E-state index < -0.39 is 71.6 Å². The standard InChI is InChI=1S/C55H79FN6O9/c1-33(2)24-39(51(65)59(10)37(9)55(70)71-50(54(68)69)18-15-23-57)29-49(64)47(28-41-32-62(45-17-14-13-16-43(41)45)31-38-19-21-42(56)22-20-38)60(11)52(66)40(25-34(3)4)30-48(63)46(27-36(7)8)61(12)53(67)44(58)26-35(5)6/h13-14,16-17,19-22,32-37,39-40,44,46-47,50H,15,18,24-31,58H2,1-12H3,(H,68,69)/t37-,39+,40+,44-,46-,47-,50+/m0/s1. The number of halogens is 1. The number of carboxylic acids is 1. The number of para-hydroxylation sites is 1. The Kier molecular flexibility index (Phi) is 23.1. The van der Waals surface area contributed by atoms with Crippen molar-refractivity contribution in [1.29, 1.82) is 5.26 Å². The van der Waals surface area contributed by atoms with E-state index in [1.165, 1.54) is 35.9 Å².